The Balaban J connectivity index is 0.000000373. The molecule has 0 N–H and O–H groups in total. The fourth-order valence-corrected chi connectivity index (χ4v) is 11.1. The van der Waals surface area contributed by atoms with Crippen molar-refractivity contribution >= 4 is 0 Å². The summed E-state index contributed by atoms with van der Waals surface area (Å²) in [5.41, 5.74) is 9.98. The summed E-state index contributed by atoms with van der Waals surface area (Å²) in [4.78, 5) is 29.5. The second-order valence-electron chi connectivity index (χ2n) is 20.4. The van der Waals surface area contributed by atoms with Gasteiger partial charge in [0.2, 0.25) is 0 Å². The Kier molecular flexibility index (Phi) is 37.6. The van der Waals surface area contributed by atoms with E-state index in [9.17, 15) is 0 Å². The summed E-state index contributed by atoms with van der Waals surface area (Å²) in [5.74, 6) is 0. The summed E-state index contributed by atoms with van der Waals surface area (Å²) in [6.45, 7) is 7.17. The van der Waals surface area contributed by atoms with Crippen LogP contribution in [0.4, 0.5) is 0 Å². The van der Waals surface area contributed by atoms with Gasteiger partial charge in [0.05, 0.1) is 22.8 Å². The van der Waals surface area contributed by atoms with Crippen molar-refractivity contribution in [2.75, 3.05) is 0 Å². The zero-order valence-electron chi connectivity index (χ0n) is 48.3. The van der Waals surface area contributed by atoms with Gasteiger partial charge in [0, 0.05) is 101 Å². The van der Waals surface area contributed by atoms with Crippen LogP contribution in [0.3, 0.4) is 0 Å². The third-order valence-corrected chi connectivity index (χ3v) is 14.5. The maximum absolute atomic E-state index is 8.49. The predicted octanol–water partition coefficient (Wildman–Crippen LogP) is -1.29. The molecule has 2 aliphatic rings. The third kappa shape index (κ3) is 30.8. The average molecular weight is 1330 g/mol. The molecule has 0 amide bonds. The maximum atomic E-state index is 8.49. The van der Waals surface area contributed by atoms with E-state index in [0.717, 1.165) is 75.1 Å². The summed E-state index contributed by atoms with van der Waals surface area (Å²) >= 11 is 0. The molecule has 4 atom stereocenters. The summed E-state index contributed by atoms with van der Waals surface area (Å²) in [6, 6.07) is 70.4. The number of rotatable bonds is 20. The van der Waals surface area contributed by atoms with Crippen LogP contribution in [0.25, 0.3) is 0 Å². The number of nitrogens with zero attached hydrogens (tertiary/aromatic N) is 8. The fourth-order valence-electron chi connectivity index (χ4n) is 11.1. The van der Waals surface area contributed by atoms with Crippen LogP contribution in [0.1, 0.15) is 96.4 Å². The molecule has 0 radical (unpaired) electrons. The second kappa shape index (κ2) is 43.2. The molecule has 8 aromatic rings. The first-order chi connectivity index (χ1) is 41.7. The van der Waals surface area contributed by atoms with Crippen molar-refractivity contribution in [3.63, 3.8) is 0 Å². The Morgan fingerprint density at radius 2 is 0.443 bits per heavy atom. The van der Waals surface area contributed by atoms with E-state index in [4.69, 9.17) is 78.2 Å². The molecule has 20 nitrogen and oxygen atoms in total. The van der Waals surface area contributed by atoms with Crippen molar-refractivity contribution in [3.8, 4) is 0 Å². The molecule has 2 saturated carbocycles. The Labute approximate surface area is 540 Å². The Morgan fingerprint density at radius 3 is 0.602 bits per heavy atom. The molecule has 24 heteroatoms. The van der Waals surface area contributed by atoms with Gasteiger partial charge < -0.3 is 21.0 Å². The minimum atomic E-state index is -4.94. The predicted molar refractivity (Wildman–Crippen MR) is 292 cm³/mol. The van der Waals surface area contributed by atoms with Gasteiger partial charge >= 0.3 is 33.6 Å². The van der Waals surface area contributed by atoms with Gasteiger partial charge in [0.1, 0.15) is 0 Å². The van der Waals surface area contributed by atoms with Crippen LogP contribution in [-0.4, -0.2) is 63.7 Å². The van der Waals surface area contributed by atoms with Crippen LogP contribution in [-0.2, 0) is 85.9 Å². The van der Waals surface area contributed by atoms with Crippen LogP contribution in [0.2, 0.25) is 0 Å². The summed E-state index contributed by atoms with van der Waals surface area (Å²) in [6.07, 6.45) is 17.6. The summed E-state index contributed by atoms with van der Waals surface area (Å²) in [7, 11) is -9.89. The molecular formula is C64H72Cl2Co2N8O12. The van der Waals surface area contributed by atoms with Gasteiger partial charge in [-0.15, -0.1) is 20.5 Å². The number of hydrogen-bond donors (Lipinski definition) is 0. The topological polar surface area (TPSA) is 341 Å². The minimum absolute atomic E-state index is 0. The van der Waals surface area contributed by atoms with E-state index < -0.39 is 20.5 Å². The van der Waals surface area contributed by atoms with E-state index in [1.165, 1.54) is 73.6 Å². The van der Waals surface area contributed by atoms with E-state index in [0.29, 0.717) is 24.2 Å². The van der Waals surface area contributed by atoms with Gasteiger partial charge in [-0.05, 0) is 96.5 Å². The standard InChI is InChI=1S/2C32H36N4.2ClHO4.2Co.2O2/c2*1-3-13-27(14-4-1)23-35(25-29-17-9-11-21-33-29)31-19-7-8-20-32(31)36(24-28-15-5-2-6-16-28)26-30-18-10-12-22-34-30;2*2-1(3,4)5;;;2*1-2/h2*1-6,9-18,21-22,31-32H,7-8,19-20,23-26H2;2*(H,2,3,4,5);;;;/q;;;;2*+3;2*-2/p-2/t2*31-,32-;;;;;;/m10....../s1. The van der Waals surface area contributed by atoms with Crippen molar-refractivity contribution in [1.29, 1.82) is 0 Å². The molecule has 4 heterocycles. The van der Waals surface area contributed by atoms with E-state index in [1.807, 2.05) is 49.1 Å². The molecule has 0 unspecified atom stereocenters. The monoisotopic (exact) mass is 1330 g/mol. The van der Waals surface area contributed by atoms with Gasteiger partial charge in [-0.1, -0.05) is 171 Å². The molecule has 88 heavy (non-hydrogen) atoms. The average Bonchev–Trinajstić information content (AvgIpc) is 3.69. The number of halogens is 2. The molecule has 2 fully saturated rings. The third-order valence-electron chi connectivity index (χ3n) is 14.5. The van der Waals surface area contributed by atoms with E-state index in [2.05, 4.69) is 189 Å². The number of pyridine rings is 4. The quantitative estimate of drug-likeness (QED) is 0.0633. The Bertz CT molecular complexity index is 2390. The first kappa shape index (κ1) is 76.7. The Morgan fingerprint density at radius 1 is 0.273 bits per heavy atom. The van der Waals surface area contributed by atoms with Gasteiger partial charge in [0.25, 0.3) is 0 Å². The van der Waals surface area contributed by atoms with Gasteiger partial charge in [0.15, 0.2) is 0 Å². The Hall–Kier alpha value is -5.57. The van der Waals surface area contributed by atoms with Gasteiger partial charge in [-0.25, -0.2) is 37.3 Å². The van der Waals surface area contributed by atoms with Crippen LogP contribution >= 0.6 is 0 Å². The first-order valence-corrected chi connectivity index (χ1v) is 30.5. The molecule has 0 aliphatic heterocycles. The van der Waals surface area contributed by atoms with Crippen molar-refractivity contribution < 1.29 is 112 Å². The van der Waals surface area contributed by atoms with Crippen molar-refractivity contribution in [2.24, 2.45) is 0 Å². The largest absolute Gasteiger partial charge is 3.00 e. The van der Waals surface area contributed by atoms with Crippen molar-refractivity contribution in [2.45, 2.75) is 128 Å². The van der Waals surface area contributed by atoms with Gasteiger partial charge in [-0.3, -0.25) is 39.5 Å². The van der Waals surface area contributed by atoms with Gasteiger partial charge in [-0.2, -0.15) is 0 Å². The molecule has 2 aliphatic carbocycles. The number of aromatic nitrogens is 4. The normalized spacial score (nSPS) is 16.2. The molecule has 0 bridgehead atoms. The second-order valence-corrected chi connectivity index (χ2v) is 22.0. The molecule has 4 aromatic carbocycles. The number of benzene rings is 4. The van der Waals surface area contributed by atoms with Crippen molar-refractivity contribution in [1.82, 2.24) is 39.5 Å². The summed E-state index contributed by atoms with van der Waals surface area (Å²) in [5, 5.41) is 28.0. The zero-order chi connectivity index (χ0) is 61.8. The van der Waals surface area contributed by atoms with E-state index >= 15 is 0 Å². The van der Waals surface area contributed by atoms with Crippen LogP contribution in [0.15, 0.2) is 219 Å². The fraction of sp³-hybridized carbons (Fsp3) is 0.312. The molecule has 0 spiro atoms. The first-order valence-electron chi connectivity index (χ1n) is 28.0. The van der Waals surface area contributed by atoms with Crippen LogP contribution in [0.5, 0.6) is 0 Å². The smallest absolute Gasteiger partial charge is 1.00 e. The zero-order valence-corrected chi connectivity index (χ0v) is 51.9. The maximum Gasteiger partial charge on any atom is 3.00 e. The van der Waals surface area contributed by atoms with Crippen LogP contribution < -0.4 is 58.3 Å². The number of hydrogen-bond acceptors (Lipinski definition) is 20. The molecular weight excluding hydrogens is 1260 g/mol. The van der Waals surface area contributed by atoms with E-state index in [-0.39, 0.29) is 33.6 Å². The SMILES string of the molecule is [Co+3].[Co+3].[O-][Cl+3]([O-])([O-])[O-].[O-][Cl+3]([O-])([O-])[O-].[O-][O-].[O-][O-].c1ccc(CN(Cc2ccccn2)[C@@H]2CCCC[C@H]2N(Cc2ccccc2)Cc2ccccn2)cc1.c1ccc(CN(Cc2ccccn2)[C@H]2CCCC[C@@H]2N(Cc2ccccc2)Cc2ccccn2)cc1. The molecule has 0 saturated heterocycles. The molecule has 472 valence electrons. The molecule has 10 rings (SSSR count). The minimum Gasteiger partial charge on any atom is -1.00 e. The van der Waals surface area contributed by atoms with E-state index in [1.54, 1.807) is 0 Å². The summed E-state index contributed by atoms with van der Waals surface area (Å²) < 4.78 is 67.9. The van der Waals surface area contributed by atoms with Crippen LogP contribution in [0, 0.1) is 20.5 Å². The molecule has 4 aromatic heterocycles. The van der Waals surface area contributed by atoms with Crippen molar-refractivity contribution in [3.05, 3.63) is 264 Å².